The Labute approximate surface area is 181 Å². The van der Waals surface area contributed by atoms with Crippen LogP contribution in [0.2, 0.25) is 0 Å². The van der Waals surface area contributed by atoms with Crippen molar-refractivity contribution in [3.63, 3.8) is 0 Å². The van der Waals surface area contributed by atoms with Crippen LogP contribution in [0.1, 0.15) is 19.4 Å². The van der Waals surface area contributed by atoms with Gasteiger partial charge in [-0.15, -0.1) is 0 Å². The maximum atomic E-state index is 13.1. The topological polar surface area (TPSA) is 45.9 Å². The number of hydrogen-bond donors (Lipinski definition) is 0. The van der Waals surface area contributed by atoms with Crippen molar-refractivity contribution < 1.29 is 8.60 Å². The normalized spacial score (nSPS) is 11.3. The van der Waals surface area contributed by atoms with E-state index in [1.807, 2.05) is 67.9 Å². The molecule has 0 aliphatic rings. The Kier molecular flexibility index (Phi) is 7.10. The average Bonchev–Trinajstić information content (AvgIpc) is 2.72. The van der Waals surface area contributed by atoms with Crippen LogP contribution in [0.4, 0.5) is 11.4 Å². The van der Waals surface area contributed by atoms with Crippen molar-refractivity contribution in [2.45, 2.75) is 20.5 Å². The second-order valence-electron chi connectivity index (χ2n) is 7.54. The lowest BCUT2D eigenvalue weighted by atomic mass is 9.98. The predicted octanol–water partition coefficient (Wildman–Crippen LogP) is 4.68. The zero-order chi connectivity index (χ0) is 21.8. The van der Waals surface area contributed by atoms with Crippen LogP contribution in [0.3, 0.4) is 0 Å². The van der Waals surface area contributed by atoms with Gasteiger partial charge in [0.15, 0.2) is 0 Å². The molecule has 0 aliphatic carbocycles. The van der Waals surface area contributed by atoms with E-state index in [1.54, 1.807) is 0 Å². The van der Waals surface area contributed by atoms with E-state index in [4.69, 9.17) is 8.60 Å². The van der Waals surface area contributed by atoms with Gasteiger partial charge in [-0.2, -0.15) is 4.18 Å². The summed E-state index contributed by atoms with van der Waals surface area (Å²) in [7, 11) is 3.99. The lowest BCUT2D eigenvalue weighted by Gasteiger charge is -2.21. The van der Waals surface area contributed by atoms with Crippen molar-refractivity contribution in [3.8, 4) is 11.1 Å². The Morgan fingerprint density at radius 2 is 1.60 bits per heavy atom. The van der Waals surface area contributed by atoms with Crippen LogP contribution in [-0.2, 0) is 22.0 Å². The first-order valence-electron chi connectivity index (χ1n) is 10.2. The second-order valence-corrected chi connectivity index (χ2v) is 9.26. The highest BCUT2D eigenvalue weighted by atomic mass is 32.2. The van der Waals surface area contributed by atoms with Crippen LogP contribution in [0.25, 0.3) is 22.1 Å². The van der Waals surface area contributed by atoms with E-state index in [0.717, 1.165) is 41.0 Å². The smallest absolute Gasteiger partial charge is 0.344 e. The molecule has 0 atom stereocenters. The summed E-state index contributed by atoms with van der Waals surface area (Å²) in [5.74, 6) is 0. The van der Waals surface area contributed by atoms with Crippen LogP contribution < -0.4 is 15.4 Å². The van der Waals surface area contributed by atoms with Gasteiger partial charge in [0.2, 0.25) is 0 Å². The molecule has 0 bridgehead atoms. The molecule has 0 aliphatic heterocycles. The minimum atomic E-state index is -0.331. The molecule has 30 heavy (non-hydrogen) atoms. The highest BCUT2D eigenvalue weighted by Crippen LogP contribution is 2.31. The molecule has 160 valence electrons. The number of hydrogen-bond acceptors (Lipinski definition) is 5. The summed E-state index contributed by atoms with van der Waals surface area (Å²) in [6.45, 7) is 6.40. The zero-order valence-electron chi connectivity index (χ0n) is 18.7. The van der Waals surface area contributed by atoms with Crippen molar-refractivity contribution >= 4 is 33.5 Å². The first-order chi connectivity index (χ1) is 14.3. The monoisotopic (exact) mass is 427 g/mol. The summed E-state index contributed by atoms with van der Waals surface area (Å²) in [6.07, 6.45) is 4.05. The fourth-order valence-corrected chi connectivity index (χ4v) is 3.94. The molecule has 0 amide bonds. The molecule has 2 aromatic carbocycles. The number of nitrogens with zero attached hydrogens (tertiary/aromatic N) is 2. The van der Waals surface area contributed by atoms with Crippen molar-refractivity contribution in [2.24, 2.45) is 0 Å². The lowest BCUT2D eigenvalue weighted by Crippen LogP contribution is -2.21. The molecule has 6 heteroatoms. The van der Waals surface area contributed by atoms with Crippen molar-refractivity contribution in [1.82, 2.24) is 0 Å². The van der Waals surface area contributed by atoms with Gasteiger partial charge in [0.1, 0.15) is 35.9 Å². The van der Waals surface area contributed by atoms with E-state index in [2.05, 4.69) is 24.8 Å². The summed E-state index contributed by atoms with van der Waals surface area (Å²) < 4.78 is 11.8. The molecule has 0 saturated heterocycles. The number of benzene rings is 2. The lowest BCUT2D eigenvalue weighted by molar-refractivity contribution is 0.356. The largest absolute Gasteiger partial charge is 0.422 e. The molecule has 0 spiro atoms. The summed E-state index contributed by atoms with van der Waals surface area (Å²) in [4.78, 5) is 17.4. The van der Waals surface area contributed by atoms with Gasteiger partial charge >= 0.3 is 5.63 Å². The maximum Gasteiger partial charge on any atom is 0.344 e. The third-order valence-electron chi connectivity index (χ3n) is 5.24. The van der Waals surface area contributed by atoms with Crippen LogP contribution >= 0.6 is 0 Å². The minimum Gasteiger partial charge on any atom is -0.422 e. The van der Waals surface area contributed by atoms with Crippen LogP contribution in [0.5, 0.6) is 0 Å². The Morgan fingerprint density at radius 1 is 0.967 bits per heavy atom. The van der Waals surface area contributed by atoms with E-state index in [0.29, 0.717) is 17.8 Å². The molecule has 1 aromatic heterocycles. The zero-order valence-corrected chi connectivity index (χ0v) is 19.5. The van der Waals surface area contributed by atoms with Crippen LogP contribution in [-0.4, -0.2) is 39.7 Å². The molecule has 5 nitrogen and oxygen atoms in total. The first kappa shape index (κ1) is 22.2. The van der Waals surface area contributed by atoms with Gasteiger partial charge in [-0.25, -0.2) is 4.79 Å². The average molecular weight is 428 g/mol. The number of fused-ring (bicyclic) bond motifs is 1. The fraction of sp³-hybridized carbons (Fsp3) is 0.375. The van der Waals surface area contributed by atoms with E-state index in [9.17, 15) is 4.79 Å². The minimum absolute atomic E-state index is 0.202. The van der Waals surface area contributed by atoms with Crippen LogP contribution in [0, 0.1) is 0 Å². The quantitative estimate of drug-likeness (QED) is 0.386. The molecule has 0 saturated carbocycles. The Hall–Kier alpha value is -2.44. The van der Waals surface area contributed by atoms with Crippen molar-refractivity contribution in [1.29, 1.82) is 0 Å². The number of anilines is 2. The van der Waals surface area contributed by atoms with Gasteiger partial charge in [0.05, 0.1) is 5.56 Å². The van der Waals surface area contributed by atoms with Gasteiger partial charge in [-0.05, 0) is 43.7 Å². The SMILES string of the molecule is CCN(CC)c1ccc2c(CO[S+](C)C)c(-c3ccc(N(C)C)cc3)c(=O)oc2c1. The first-order valence-corrected chi connectivity index (χ1v) is 12.2. The van der Waals surface area contributed by atoms with Gasteiger partial charge in [-0.1, -0.05) is 12.1 Å². The maximum absolute atomic E-state index is 13.1. The van der Waals surface area contributed by atoms with Crippen molar-refractivity contribution in [2.75, 3.05) is 49.5 Å². The molecule has 3 rings (SSSR count). The van der Waals surface area contributed by atoms with Crippen LogP contribution in [0.15, 0.2) is 51.7 Å². The Morgan fingerprint density at radius 3 is 2.17 bits per heavy atom. The molecule has 0 fully saturated rings. The number of rotatable bonds is 8. The van der Waals surface area contributed by atoms with Gasteiger partial charge < -0.3 is 14.2 Å². The highest BCUT2D eigenvalue weighted by molar-refractivity contribution is 7.90. The van der Waals surface area contributed by atoms with E-state index >= 15 is 0 Å². The van der Waals surface area contributed by atoms with E-state index in [1.165, 1.54) is 0 Å². The molecular weight excluding hydrogens is 396 g/mol. The molecule has 0 N–H and O–H groups in total. The van der Waals surface area contributed by atoms with E-state index in [-0.39, 0.29) is 16.8 Å². The van der Waals surface area contributed by atoms with Gasteiger partial charge in [0.25, 0.3) is 0 Å². The molecule has 0 radical (unpaired) electrons. The standard InChI is InChI=1S/C24H31N2O3S/c1-7-26(8-2)19-13-14-20-21(16-28-30(5)6)23(24(27)29-22(20)15-19)17-9-11-18(12-10-17)25(3)4/h9-15H,7-8,16H2,1-6H3/q+1. The van der Waals surface area contributed by atoms with E-state index < -0.39 is 0 Å². The predicted molar refractivity (Wildman–Crippen MR) is 130 cm³/mol. The molecule has 1 heterocycles. The van der Waals surface area contributed by atoms with Gasteiger partial charge in [-0.3, -0.25) is 0 Å². The third-order valence-corrected chi connectivity index (χ3v) is 5.83. The van der Waals surface area contributed by atoms with Gasteiger partial charge in [0, 0.05) is 55.6 Å². The molecule has 0 unspecified atom stereocenters. The summed E-state index contributed by atoms with van der Waals surface area (Å²) in [6, 6.07) is 14.1. The Balaban J connectivity index is 2.20. The second kappa shape index (κ2) is 9.58. The van der Waals surface area contributed by atoms with Crippen molar-refractivity contribution in [3.05, 3.63) is 58.4 Å². The molecule has 3 aromatic rings. The Bertz CT molecular complexity index is 1050. The molecular formula is C24H31N2O3S+. The third kappa shape index (κ3) is 4.65. The summed E-state index contributed by atoms with van der Waals surface area (Å²) >= 11 is -0.202. The summed E-state index contributed by atoms with van der Waals surface area (Å²) in [5.41, 5.74) is 4.70. The summed E-state index contributed by atoms with van der Waals surface area (Å²) in [5, 5.41) is 0.919. The fourth-order valence-electron chi connectivity index (χ4n) is 3.58. The highest BCUT2D eigenvalue weighted by Gasteiger charge is 2.20.